The number of alkyl halides is 3. The molecule has 300 valence electrons. The number of aliphatic hydroxyl groups is 1. The summed E-state index contributed by atoms with van der Waals surface area (Å²) in [7, 11) is 0. The van der Waals surface area contributed by atoms with E-state index in [1.54, 1.807) is 0 Å². The van der Waals surface area contributed by atoms with Crippen molar-refractivity contribution < 1.29 is 90.8 Å². The number of carbonyl (C=O) groups excluding carboxylic acids is 8. The maximum Gasteiger partial charge on any atom is 0.409 e. The molecule has 0 aromatic rings. The number of nitrogens with one attached hydrogen (secondary N) is 2. The number of hydrogen-bond acceptors (Lipinski definition) is 19. The molecule has 21 nitrogen and oxygen atoms in total. The van der Waals surface area contributed by atoms with Gasteiger partial charge >= 0.3 is 41.9 Å². The highest BCUT2D eigenvalue weighted by Crippen LogP contribution is 2.38. The Labute approximate surface area is 316 Å². The topological polar surface area (TPSA) is 273 Å². The number of rotatable bonds is 13. The molecule has 0 bridgehead atoms. The summed E-state index contributed by atoms with van der Waals surface area (Å²) in [5.41, 5.74) is -3.20. The monoisotopic (exact) mass is 824 g/mol. The molecule has 0 radical (unpaired) electrons. The first-order chi connectivity index (χ1) is 24.4. The third kappa shape index (κ3) is 14.2. The van der Waals surface area contributed by atoms with Crippen LogP contribution in [0.2, 0.25) is 0 Å². The van der Waals surface area contributed by atoms with Crippen LogP contribution in [0.3, 0.4) is 0 Å². The first kappa shape index (κ1) is 45.4. The van der Waals surface area contributed by atoms with Crippen LogP contribution in [0.4, 0.5) is 4.79 Å². The highest BCUT2D eigenvalue weighted by molar-refractivity contribution is 6.67. The summed E-state index contributed by atoms with van der Waals surface area (Å²) in [6.07, 6.45) is -16.6. The molecule has 0 saturated carbocycles. The maximum atomic E-state index is 13.1. The second kappa shape index (κ2) is 19.6. The lowest BCUT2D eigenvalue weighted by atomic mass is 9.91. The second-order valence-corrected chi connectivity index (χ2v) is 13.9. The van der Waals surface area contributed by atoms with E-state index in [-0.39, 0.29) is 0 Å². The van der Waals surface area contributed by atoms with E-state index in [1.165, 1.54) is 0 Å². The Bertz CT molecular complexity index is 1390. The summed E-state index contributed by atoms with van der Waals surface area (Å²) < 4.78 is 52.1. The molecule has 0 aromatic carbocycles. The quantitative estimate of drug-likeness (QED) is 0.0922. The fourth-order valence-electron chi connectivity index (χ4n) is 5.06. The van der Waals surface area contributed by atoms with Crippen molar-refractivity contribution in [3.63, 3.8) is 0 Å². The molecule has 2 aliphatic heterocycles. The van der Waals surface area contributed by atoms with Crippen molar-refractivity contribution in [2.45, 2.75) is 113 Å². The van der Waals surface area contributed by atoms with Crippen molar-refractivity contribution in [2.24, 2.45) is 0 Å². The van der Waals surface area contributed by atoms with Gasteiger partial charge in [0.1, 0.15) is 44.2 Å². The van der Waals surface area contributed by atoms with Gasteiger partial charge in [-0.05, 0) is 0 Å². The smallest absolute Gasteiger partial charge is 0.409 e. The van der Waals surface area contributed by atoms with E-state index >= 15 is 0 Å². The van der Waals surface area contributed by atoms with Crippen molar-refractivity contribution in [2.75, 3.05) is 19.8 Å². The predicted molar refractivity (Wildman–Crippen MR) is 171 cm³/mol. The number of amides is 2. The average molecular weight is 826 g/mol. The van der Waals surface area contributed by atoms with Crippen LogP contribution in [-0.4, -0.2) is 138 Å². The Kier molecular flexibility index (Phi) is 16.8. The molecule has 0 unspecified atom stereocenters. The molecule has 10 atom stereocenters. The minimum absolute atomic E-state index is 0.730. The van der Waals surface area contributed by atoms with Crippen molar-refractivity contribution >= 4 is 82.6 Å². The summed E-state index contributed by atoms with van der Waals surface area (Å²) in [6, 6.07) is -1.58. The fraction of sp³-hybridized carbons (Fsp3) is 0.724. The molecule has 2 saturated heterocycles. The van der Waals surface area contributed by atoms with Crippen molar-refractivity contribution in [3.8, 4) is 0 Å². The Hall–Kier alpha value is -3.73. The van der Waals surface area contributed by atoms with Gasteiger partial charge in [-0.1, -0.05) is 34.8 Å². The zero-order chi connectivity index (χ0) is 40.4. The Morgan fingerprint density at radius 1 is 0.660 bits per heavy atom. The van der Waals surface area contributed by atoms with Crippen LogP contribution in [-0.2, 0) is 80.9 Å². The van der Waals surface area contributed by atoms with Gasteiger partial charge in [0, 0.05) is 48.5 Å². The summed E-state index contributed by atoms with van der Waals surface area (Å²) in [6.45, 7) is 4.49. The summed E-state index contributed by atoms with van der Waals surface area (Å²) in [5.74, 6) is -6.55. The number of ether oxygens (including phenoxy) is 10. The fourth-order valence-corrected chi connectivity index (χ4v) is 5.22. The molecule has 2 rings (SSSR count). The van der Waals surface area contributed by atoms with Crippen LogP contribution in [0.1, 0.15) is 48.5 Å². The van der Waals surface area contributed by atoms with Gasteiger partial charge in [0.25, 0.3) is 0 Å². The molecule has 0 aliphatic carbocycles. The van der Waals surface area contributed by atoms with Crippen molar-refractivity contribution in [1.29, 1.82) is 0 Å². The minimum Gasteiger partial charge on any atom is -0.463 e. The average Bonchev–Trinajstić information content (AvgIpc) is 2.99. The standard InChI is InChI=1S/C29H39Cl3N2O19/c1-11(35)33-20-23(48-15(5)39)21(18(8-44-12(2)36)51-25(20)50-17(7)41)53-26-29(43,34-27(42)46-10-28(30,31)32)24(49-16(6)40)22(47-14(4)38)19(52-26)9-45-13(3)37/h18-26,43H,8-10H2,1-7H3,(H,33,35)(H,34,42)/t18-,19-,20-,21-,22-,23-,24+,25+,26+,29-/m1/s1. The molecule has 2 fully saturated rings. The van der Waals surface area contributed by atoms with E-state index < -0.39 is 132 Å². The van der Waals surface area contributed by atoms with E-state index in [9.17, 15) is 43.5 Å². The molecule has 2 aliphatic rings. The third-order valence-corrected chi connectivity index (χ3v) is 7.13. The van der Waals surface area contributed by atoms with E-state index in [0.717, 1.165) is 48.5 Å². The summed E-state index contributed by atoms with van der Waals surface area (Å²) in [5, 5.41) is 16.7. The molecule has 0 aromatic heterocycles. The van der Waals surface area contributed by atoms with Crippen LogP contribution in [0.25, 0.3) is 0 Å². The zero-order valence-corrected chi connectivity index (χ0v) is 31.5. The first-order valence-corrected chi connectivity index (χ1v) is 16.5. The van der Waals surface area contributed by atoms with Gasteiger partial charge in [-0.25, -0.2) is 4.79 Å². The van der Waals surface area contributed by atoms with E-state index in [2.05, 4.69) is 5.32 Å². The third-order valence-electron chi connectivity index (χ3n) is 6.80. The van der Waals surface area contributed by atoms with Crippen LogP contribution in [0.15, 0.2) is 0 Å². The van der Waals surface area contributed by atoms with Gasteiger partial charge in [0.05, 0.1) is 0 Å². The van der Waals surface area contributed by atoms with Crippen LogP contribution >= 0.6 is 34.8 Å². The largest absolute Gasteiger partial charge is 0.463 e. The molecule has 24 heteroatoms. The van der Waals surface area contributed by atoms with Gasteiger partial charge in [0.2, 0.25) is 28.0 Å². The van der Waals surface area contributed by atoms with Gasteiger partial charge in [-0.15, -0.1) is 0 Å². The lowest BCUT2D eigenvalue weighted by molar-refractivity contribution is -0.378. The minimum atomic E-state index is -3.20. The van der Waals surface area contributed by atoms with Crippen LogP contribution < -0.4 is 10.6 Å². The van der Waals surface area contributed by atoms with Gasteiger partial charge in [-0.3, -0.25) is 38.9 Å². The van der Waals surface area contributed by atoms with Crippen LogP contribution in [0, 0.1) is 0 Å². The molecular formula is C29H39Cl3N2O19. The van der Waals surface area contributed by atoms with E-state index in [0.29, 0.717) is 0 Å². The predicted octanol–water partition coefficient (Wildman–Crippen LogP) is -0.404. The Morgan fingerprint density at radius 2 is 1.15 bits per heavy atom. The Morgan fingerprint density at radius 3 is 1.60 bits per heavy atom. The molecule has 53 heavy (non-hydrogen) atoms. The lowest BCUT2D eigenvalue weighted by Crippen LogP contribution is -2.76. The number of hydrogen-bond donors (Lipinski definition) is 3. The van der Waals surface area contributed by atoms with Gasteiger partial charge < -0.3 is 57.8 Å². The maximum absolute atomic E-state index is 13.1. The number of alkyl carbamates (subject to hydrolysis) is 1. The number of carbonyl (C=O) groups is 8. The van der Waals surface area contributed by atoms with Crippen molar-refractivity contribution in [3.05, 3.63) is 0 Å². The molecule has 2 heterocycles. The first-order valence-electron chi connectivity index (χ1n) is 15.4. The number of halogens is 3. The van der Waals surface area contributed by atoms with Gasteiger partial charge in [-0.2, -0.15) is 0 Å². The van der Waals surface area contributed by atoms with E-state index in [1.807, 2.05) is 5.32 Å². The highest BCUT2D eigenvalue weighted by Gasteiger charge is 2.63. The number of esters is 6. The molecule has 0 spiro atoms. The normalized spacial score (nSPS) is 29.7. The SMILES string of the molecule is CC(=O)N[C@H]1[C@@H](OC(C)=O)O[C@H](COC(C)=O)[C@@H](O[C@@H]2O[C@H](COC(C)=O)[C@@H](OC(C)=O)[C@H](OC(C)=O)[C@]2(O)NC(=O)OCC(Cl)(Cl)Cl)[C@@H]1OC(C)=O. The summed E-state index contributed by atoms with van der Waals surface area (Å²) in [4.78, 5) is 98.3. The van der Waals surface area contributed by atoms with Crippen LogP contribution in [0.5, 0.6) is 0 Å². The summed E-state index contributed by atoms with van der Waals surface area (Å²) >= 11 is 17.0. The van der Waals surface area contributed by atoms with Gasteiger partial charge in [0.15, 0.2) is 18.3 Å². The van der Waals surface area contributed by atoms with Crippen molar-refractivity contribution in [1.82, 2.24) is 10.6 Å². The molecule has 2 amide bonds. The highest BCUT2D eigenvalue weighted by atomic mass is 35.6. The molecule has 3 N–H and O–H groups in total. The van der Waals surface area contributed by atoms with E-state index in [4.69, 9.17) is 82.2 Å². The zero-order valence-electron chi connectivity index (χ0n) is 29.2. The second-order valence-electron chi connectivity index (χ2n) is 11.4. The molecular weight excluding hydrogens is 787 g/mol. The Balaban J connectivity index is 2.87. The lowest BCUT2D eigenvalue weighted by Gasteiger charge is -2.52.